The molecule has 1 aliphatic heterocycles. The molecule has 1 saturated carbocycles. The lowest BCUT2D eigenvalue weighted by molar-refractivity contribution is 0.0726. The zero-order chi connectivity index (χ0) is 22.3. The van der Waals surface area contributed by atoms with Crippen LogP contribution < -0.4 is 0 Å². The van der Waals surface area contributed by atoms with Gasteiger partial charge in [-0.15, -0.1) is 10.2 Å². The molecule has 1 aromatic heterocycles. The van der Waals surface area contributed by atoms with E-state index >= 15 is 0 Å². The first-order valence-electron chi connectivity index (χ1n) is 12.3. The Morgan fingerprint density at radius 2 is 1.42 bits per heavy atom. The molecule has 170 valence electrons. The minimum absolute atomic E-state index is 0.651. The van der Waals surface area contributed by atoms with E-state index in [4.69, 9.17) is 0 Å². The van der Waals surface area contributed by atoms with Crippen molar-refractivity contribution in [2.24, 2.45) is 10.2 Å². The Morgan fingerprint density at radius 1 is 0.727 bits per heavy atom. The summed E-state index contributed by atoms with van der Waals surface area (Å²) in [6.07, 6.45) is 7.27. The van der Waals surface area contributed by atoms with Crippen LogP contribution in [-0.2, 0) is 6.54 Å². The summed E-state index contributed by atoms with van der Waals surface area (Å²) < 4.78 is 0. The van der Waals surface area contributed by atoms with Crippen LogP contribution in [0, 0.1) is 0 Å². The number of hydrogen-bond donors (Lipinski definition) is 0. The molecule has 0 spiro atoms. The van der Waals surface area contributed by atoms with Crippen molar-refractivity contribution >= 4 is 11.5 Å². The van der Waals surface area contributed by atoms with Crippen molar-refractivity contribution in [3.8, 4) is 0 Å². The van der Waals surface area contributed by atoms with E-state index in [9.17, 15) is 0 Å². The fourth-order valence-electron chi connectivity index (χ4n) is 5.22. The lowest BCUT2D eigenvalue weighted by Gasteiger charge is -2.42. The number of azo groups is 1. The third-order valence-electron chi connectivity index (χ3n) is 7.13. The first kappa shape index (κ1) is 21.9. The van der Waals surface area contributed by atoms with Crippen LogP contribution in [0.2, 0.25) is 0 Å². The Balaban J connectivity index is 1.06. The summed E-state index contributed by atoms with van der Waals surface area (Å²) in [4.78, 5) is 9.77. The van der Waals surface area contributed by atoms with Gasteiger partial charge in [-0.1, -0.05) is 54.6 Å². The Bertz CT molecular complexity index is 1000. The smallest absolute Gasteiger partial charge is 0.174 e. The van der Waals surface area contributed by atoms with Crippen LogP contribution in [0.4, 0.5) is 11.5 Å². The molecule has 1 aliphatic carbocycles. The van der Waals surface area contributed by atoms with Crippen LogP contribution >= 0.6 is 0 Å². The molecule has 5 rings (SSSR count). The van der Waals surface area contributed by atoms with Crippen LogP contribution in [0.25, 0.3) is 0 Å². The van der Waals surface area contributed by atoms with Crippen molar-refractivity contribution in [2.45, 2.75) is 44.2 Å². The van der Waals surface area contributed by atoms with Crippen molar-refractivity contribution in [3.63, 3.8) is 0 Å². The van der Waals surface area contributed by atoms with E-state index in [1.807, 2.05) is 42.6 Å². The zero-order valence-electron chi connectivity index (χ0n) is 19.3. The monoisotopic (exact) mass is 439 g/mol. The molecule has 33 heavy (non-hydrogen) atoms. The van der Waals surface area contributed by atoms with Gasteiger partial charge in [-0.3, -0.25) is 9.80 Å². The SMILES string of the molecule is c1ccc(N=Nc2ccc(CN3CCN(C4CCC(c5ccccc5)CC4)CC3)cn2)cc1. The van der Waals surface area contributed by atoms with Crippen LogP contribution in [0.15, 0.2) is 89.2 Å². The van der Waals surface area contributed by atoms with Gasteiger partial charge in [0.15, 0.2) is 5.82 Å². The summed E-state index contributed by atoms with van der Waals surface area (Å²) in [5, 5.41) is 8.49. The highest BCUT2D eigenvalue weighted by atomic mass is 15.3. The van der Waals surface area contributed by atoms with Crippen molar-refractivity contribution < 1.29 is 0 Å². The van der Waals surface area contributed by atoms with E-state index < -0.39 is 0 Å². The number of aromatic nitrogens is 1. The van der Waals surface area contributed by atoms with Crippen molar-refractivity contribution in [3.05, 3.63) is 90.1 Å². The second-order valence-corrected chi connectivity index (χ2v) is 9.29. The van der Waals surface area contributed by atoms with E-state index in [2.05, 4.69) is 61.4 Å². The minimum atomic E-state index is 0.651. The molecule has 2 aromatic carbocycles. The maximum atomic E-state index is 4.48. The fraction of sp³-hybridized carbons (Fsp3) is 0.393. The van der Waals surface area contributed by atoms with Crippen LogP contribution in [0.5, 0.6) is 0 Å². The molecule has 3 aromatic rings. The summed E-state index contributed by atoms with van der Waals surface area (Å²) in [7, 11) is 0. The second kappa shape index (κ2) is 10.8. The van der Waals surface area contributed by atoms with E-state index in [0.717, 1.165) is 37.3 Å². The predicted molar refractivity (Wildman–Crippen MR) is 133 cm³/mol. The fourth-order valence-corrected chi connectivity index (χ4v) is 5.22. The maximum absolute atomic E-state index is 4.48. The van der Waals surface area contributed by atoms with E-state index in [1.165, 1.54) is 49.9 Å². The molecule has 0 atom stereocenters. The Hall–Kier alpha value is -2.89. The number of piperazine rings is 1. The van der Waals surface area contributed by atoms with Crippen LogP contribution in [0.3, 0.4) is 0 Å². The van der Waals surface area contributed by atoms with Crippen molar-refractivity contribution in [1.82, 2.24) is 14.8 Å². The highest BCUT2D eigenvalue weighted by Crippen LogP contribution is 2.35. The van der Waals surface area contributed by atoms with Gasteiger partial charge in [0.05, 0.1) is 5.69 Å². The number of benzene rings is 2. The summed E-state index contributed by atoms with van der Waals surface area (Å²) in [6.45, 7) is 5.58. The maximum Gasteiger partial charge on any atom is 0.174 e. The van der Waals surface area contributed by atoms with Gasteiger partial charge < -0.3 is 0 Å². The molecule has 5 heteroatoms. The molecule has 5 nitrogen and oxygen atoms in total. The largest absolute Gasteiger partial charge is 0.298 e. The Labute approximate surface area is 197 Å². The Morgan fingerprint density at radius 3 is 2.09 bits per heavy atom. The van der Waals surface area contributed by atoms with Crippen LogP contribution in [-0.4, -0.2) is 47.0 Å². The first-order valence-corrected chi connectivity index (χ1v) is 12.3. The molecule has 0 N–H and O–H groups in total. The molecule has 2 aliphatic rings. The second-order valence-electron chi connectivity index (χ2n) is 9.29. The van der Waals surface area contributed by atoms with Crippen molar-refractivity contribution in [2.75, 3.05) is 26.2 Å². The summed E-state index contributed by atoms with van der Waals surface area (Å²) in [5.41, 5.74) is 3.61. The summed E-state index contributed by atoms with van der Waals surface area (Å²) in [5.74, 6) is 1.41. The standard InChI is InChI=1S/C28H33N5/c1-3-7-24(8-4-1)25-12-14-27(15-13-25)33-19-17-32(18-20-33)22-23-11-16-28(29-21-23)31-30-26-9-5-2-6-10-26/h1-11,16,21,25,27H,12-15,17-20,22H2. The summed E-state index contributed by atoms with van der Waals surface area (Å²) >= 11 is 0. The molecule has 0 unspecified atom stereocenters. The lowest BCUT2D eigenvalue weighted by Crippen LogP contribution is -2.50. The number of hydrogen-bond acceptors (Lipinski definition) is 5. The third-order valence-corrected chi connectivity index (χ3v) is 7.13. The molecular formula is C28H33N5. The van der Waals surface area contributed by atoms with Gasteiger partial charge in [0, 0.05) is 45.0 Å². The van der Waals surface area contributed by atoms with Crippen LogP contribution in [0.1, 0.15) is 42.7 Å². The van der Waals surface area contributed by atoms with Gasteiger partial charge in [0.2, 0.25) is 0 Å². The average molecular weight is 440 g/mol. The molecule has 1 saturated heterocycles. The molecule has 0 bridgehead atoms. The van der Waals surface area contributed by atoms with E-state index in [1.54, 1.807) is 0 Å². The predicted octanol–water partition coefficient (Wildman–Crippen LogP) is 6.34. The third kappa shape index (κ3) is 5.92. The van der Waals surface area contributed by atoms with Gasteiger partial charge >= 0.3 is 0 Å². The molecule has 0 radical (unpaired) electrons. The number of pyridine rings is 1. The van der Waals surface area contributed by atoms with Gasteiger partial charge in [-0.2, -0.15) is 0 Å². The Kier molecular flexibility index (Phi) is 7.19. The van der Waals surface area contributed by atoms with E-state index in [-0.39, 0.29) is 0 Å². The average Bonchev–Trinajstić information content (AvgIpc) is 2.90. The summed E-state index contributed by atoms with van der Waals surface area (Å²) in [6, 6.07) is 25.7. The zero-order valence-corrected chi connectivity index (χ0v) is 19.3. The highest BCUT2D eigenvalue weighted by molar-refractivity contribution is 5.36. The van der Waals surface area contributed by atoms with Gasteiger partial charge in [-0.25, -0.2) is 4.98 Å². The lowest BCUT2D eigenvalue weighted by atomic mass is 9.81. The molecule has 2 fully saturated rings. The van der Waals surface area contributed by atoms with Gasteiger partial charge in [0.1, 0.15) is 0 Å². The minimum Gasteiger partial charge on any atom is -0.298 e. The van der Waals surface area contributed by atoms with E-state index in [0.29, 0.717) is 5.82 Å². The van der Waals surface area contributed by atoms with Crippen molar-refractivity contribution in [1.29, 1.82) is 0 Å². The normalized spacial score (nSPS) is 22.5. The number of rotatable bonds is 6. The molecular weight excluding hydrogens is 406 g/mol. The topological polar surface area (TPSA) is 44.1 Å². The van der Waals surface area contributed by atoms with Gasteiger partial charge in [-0.05, 0) is 60.9 Å². The molecule has 2 heterocycles. The van der Waals surface area contributed by atoms with Gasteiger partial charge in [0.25, 0.3) is 0 Å². The number of nitrogens with zero attached hydrogens (tertiary/aromatic N) is 5. The highest BCUT2D eigenvalue weighted by Gasteiger charge is 2.28. The quantitative estimate of drug-likeness (QED) is 0.421. The molecule has 0 amide bonds. The first-order chi connectivity index (χ1) is 16.3.